The SMILES string of the molecule is Cc1ccc(CNC(=O)c2c(Br)c3ccccc3n2C)cc1. The number of nitrogens with one attached hydrogen (secondary N) is 1. The topological polar surface area (TPSA) is 34.0 Å². The summed E-state index contributed by atoms with van der Waals surface area (Å²) in [4.78, 5) is 12.5. The summed E-state index contributed by atoms with van der Waals surface area (Å²) in [5.41, 5.74) is 3.99. The number of nitrogens with zero attached hydrogens (tertiary/aromatic N) is 1. The van der Waals surface area contributed by atoms with Gasteiger partial charge < -0.3 is 9.88 Å². The lowest BCUT2D eigenvalue weighted by atomic mass is 10.1. The van der Waals surface area contributed by atoms with Crippen molar-refractivity contribution in [2.24, 2.45) is 7.05 Å². The lowest BCUT2D eigenvalue weighted by Crippen LogP contribution is -2.25. The van der Waals surface area contributed by atoms with E-state index in [1.807, 2.05) is 60.1 Å². The van der Waals surface area contributed by atoms with E-state index in [-0.39, 0.29) is 5.91 Å². The molecule has 112 valence electrons. The van der Waals surface area contributed by atoms with Crippen LogP contribution in [-0.2, 0) is 13.6 Å². The van der Waals surface area contributed by atoms with Crippen LogP contribution in [0.3, 0.4) is 0 Å². The smallest absolute Gasteiger partial charge is 0.269 e. The molecule has 0 saturated heterocycles. The zero-order valence-corrected chi connectivity index (χ0v) is 14.1. The third-order valence-corrected chi connectivity index (χ3v) is 4.64. The number of fused-ring (bicyclic) bond motifs is 1. The van der Waals surface area contributed by atoms with E-state index in [4.69, 9.17) is 0 Å². The minimum absolute atomic E-state index is 0.0776. The highest BCUT2D eigenvalue weighted by atomic mass is 79.9. The molecule has 3 rings (SSSR count). The molecule has 1 heterocycles. The fourth-order valence-corrected chi connectivity index (χ4v) is 3.35. The molecule has 1 amide bonds. The highest BCUT2D eigenvalue weighted by molar-refractivity contribution is 9.10. The first-order valence-electron chi connectivity index (χ1n) is 7.14. The molecule has 0 spiro atoms. The van der Waals surface area contributed by atoms with Crippen molar-refractivity contribution >= 4 is 32.7 Å². The minimum Gasteiger partial charge on any atom is -0.347 e. The minimum atomic E-state index is -0.0776. The molecule has 4 heteroatoms. The van der Waals surface area contributed by atoms with Gasteiger partial charge in [0.25, 0.3) is 5.91 Å². The van der Waals surface area contributed by atoms with E-state index >= 15 is 0 Å². The molecule has 0 aliphatic carbocycles. The number of benzene rings is 2. The monoisotopic (exact) mass is 356 g/mol. The van der Waals surface area contributed by atoms with Crippen molar-refractivity contribution in [1.29, 1.82) is 0 Å². The third kappa shape index (κ3) is 2.66. The maximum Gasteiger partial charge on any atom is 0.269 e. The highest BCUT2D eigenvalue weighted by Crippen LogP contribution is 2.30. The number of halogens is 1. The average Bonchev–Trinajstić information content (AvgIpc) is 2.79. The lowest BCUT2D eigenvalue weighted by molar-refractivity contribution is 0.0942. The molecule has 0 unspecified atom stereocenters. The summed E-state index contributed by atoms with van der Waals surface area (Å²) in [7, 11) is 1.91. The van der Waals surface area contributed by atoms with Crippen molar-refractivity contribution in [1.82, 2.24) is 9.88 Å². The van der Waals surface area contributed by atoms with Crippen molar-refractivity contribution in [3.63, 3.8) is 0 Å². The molecule has 0 aliphatic rings. The second kappa shape index (κ2) is 5.97. The van der Waals surface area contributed by atoms with Gasteiger partial charge in [-0.15, -0.1) is 0 Å². The van der Waals surface area contributed by atoms with Gasteiger partial charge in [0.1, 0.15) is 5.69 Å². The Hall–Kier alpha value is -2.07. The van der Waals surface area contributed by atoms with Gasteiger partial charge >= 0.3 is 0 Å². The van der Waals surface area contributed by atoms with Crippen molar-refractivity contribution in [2.75, 3.05) is 0 Å². The molecule has 1 aromatic heterocycles. The Morgan fingerprint density at radius 2 is 1.82 bits per heavy atom. The van der Waals surface area contributed by atoms with E-state index in [1.165, 1.54) is 5.56 Å². The summed E-state index contributed by atoms with van der Waals surface area (Å²) in [5, 5.41) is 4.03. The molecule has 0 radical (unpaired) electrons. The Morgan fingerprint density at radius 1 is 1.14 bits per heavy atom. The number of hydrogen-bond donors (Lipinski definition) is 1. The normalized spacial score (nSPS) is 10.9. The van der Waals surface area contributed by atoms with Gasteiger partial charge in [-0.2, -0.15) is 0 Å². The van der Waals surface area contributed by atoms with Crippen molar-refractivity contribution < 1.29 is 4.79 Å². The number of amides is 1. The first kappa shape index (κ1) is 14.9. The predicted octanol–water partition coefficient (Wildman–Crippen LogP) is 4.18. The van der Waals surface area contributed by atoms with Gasteiger partial charge in [0.2, 0.25) is 0 Å². The summed E-state index contributed by atoms with van der Waals surface area (Å²) >= 11 is 3.56. The fraction of sp³-hybridized carbons (Fsp3) is 0.167. The Morgan fingerprint density at radius 3 is 2.50 bits per heavy atom. The van der Waals surface area contributed by atoms with Crippen LogP contribution >= 0.6 is 15.9 Å². The summed E-state index contributed by atoms with van der Waals surface area (Å²) in [5.74, 6) is -0.0776. The second-order valence-corrected chi connectivity index (χ2v) is 6.20. The maximum absolute atomic E-state index is 12.5. The third-order valence-electron chi connectivity index (χ3n) is 3.83. The fourth-order valence-electron chi connectivity index (χ4n) is 2.57. The van der Waals surface area contributed by atoms with Gasteiger partial charge in [-0.3, -0.25) is 4.79 Å². The zero-order valence-electron chi connectivity index (χ0n) is 12.6. The van der Waals surface area contributed by atoms with Gasteiger partial charge in [-0.25, -0.2) is 0 Å². The van der Waals surface area contributed by atoms with Gasteiger partial charge in [0, 0.05) is 24.5 Å². The predicted molar refractivity (Wildman–Crippen MR) is 93.0 cm³/mol. The van der Waals surface area contributed by atoms with Crippen LogP contribution in [0.15, 0.2) is 53.0 Å². The maximum atomic E-state index is 12.5. The van der Waals surface area contributed by atoms with E-state index < -0.39 is 0 Å². The van der Waals surface area contributed by atoms with Crippen LogP contribution in [0.25, 0.3) is 10.9 Å². The Kier molecular flexibility index (Phi) is 4.03. The molecule has 3 aromatic rings. The summed E-state index contributed by atoms with van der Waals surface area (Å²) in [6, 6.07) is 16.1. The molecular weight excluding hydrogens is 340 g/mol. The number of carbonyl (C=O) groups is 1. The van der Waals surface area contributed by atoms with Gasteiger partial charge in [-0.05, 0) is 34.5 Å². The molecule has 0 saturated carbocycles. The molecule has 1 N–H and O–H groups in total. The van der Waals surface area contributed by atoms with Crippen molar-refractivity contribution in [3.05, 3.63) is 69.8 Å². The Labute approximate surface area is 138 Å². The van der Waals surface area contributed by atoms with Crippen LogP contribution in [0.1, 0.15) is 21.6 Å². The molecule has 0 bridgehead atoms. The summed E-state index contributed by atoms with van der Waals surface area (Å²) < 4.78 is 2.76. The van der Waals surface area contributed by atoms with Gasteiger partial charge in [-0.1, -0.05) is 48.0 Å². The Balaban J connectivity index is 1.85. The van der Waals surface area contributed by atoms with Gasteiger partial charge in [0.05, 0.1) is 4.47 Å². The number of aryl methyl sites for hydroxylation is 2. The largest absolute Gasteiger partial charge is 0.347 e. The van der Waals surface area contributed by atoms with Crippen LogP contribution < -0.4 is 5.32 Å². The van der Waals surface area contributed by atoms with Crippen LogP contribution in [0.5, 0.6) is 0 Å². The number of aromatic nitrogens is 1. The molecule has 0 fully saturated rings. The average molecular weight is 357 g/mol. The molecule has 3 nitrogen and oxygen atoms in total. The second-order valence-electron chi connectivity index (χ2n) is 5.41. The highest BCUT2D eigenvalue weighted by Gasteiger charge is 2.18. The van der Waals surface area contributed by atoms with E-state index in [2.05, 4.69) is 28.2 Å². The molecule has 2 aromatic carbocycles. The van der Waals surface area contributed by atoms with Crippen LogP contribution in [0.4, 0.5) is 0 Å². The van der Waals surface area contributed by atoms with E-state index in [9.17, 15) is 4.79 Å². The quantitative estimate of drug-likeness (QED) is 0.750. The van der Waals surface area contributed by atoms with Crippen LogP contribution in [-0.4, -0.2) is 10.5 Å². The van der Waals surface area contributed by atoms with Crippen molar-refractivity contribution in [2.45, 2.75) is 13.5 Å². The zero-order chi connectivity index (χ0) is 15.7. The Bertz CT molecular complexity index is 795. The molecular formula is C18H17BrN2O. The first-order valence-corrected chi connectivity index (χ1v) is 7.94. The molecule has 0 atom stereocenters. The molecule has 0 aliphatic heterocycles. The standard InChI is InChI=1S/C18H17BrN2O/c1-12-7-9-13(10-8-12)11-20-18(22)17-16(19)14-5-3-4-6-15(14)21(17)2/h3-10H,11H2,1-2H3,(H,20,22). The lowest BCUT2D eigenvalue weighted by Gasteiger charge is -2.08. The number of carbonyl (C=O) groups excluding carboxylic acids is 1. The van der Waals surface area contributed by atoms with E-state index in [0.29, 0.717) is 12.2 Å². The number of hydrogen-bond acceptors (Lipinski definition) is 1. The van der Waals surface area contributed by atoms with E-state index in [0.717, 1.165) is 20.9 Å². The van der Waals surface area contributed by atoms with Gasteiger partial charge in [0.15, 0.2) is 0 Å². The number of rotatable bonds is 3. The summed E-state index contributed by atoms with van der Waals surface area (Å²) in [6.07, 6.45) is 0. The first-order chi connectivity index (χ1) is 10.6. The van der Waals surface area contributed by atoms with E-state index in [1.54, 1.807) is 0 Å². The van der Waals surface area contributed by atoms with Crippen LogP contribution in [0.2, 0.25) is 0 Å². The van der Waals surface area contributed by atoms with Crippen molar-refractivity contribution in [3.8, 4) is 0 Å². The molecule has 22 heavy (non-hydrogen) atoms. The summed E-state index contributed by atoms with van der Waals surface area (Å²) in [6.45, 7) is 2.57. The van der Waals surface area contributed by atoms with Crippen LogP contribution in [0, 0.1) is 6.92 Å². The number of para-hydroxylation sites is 1.